The SMILES string of the molecule is CCN(CC)c1ccc(Nc2nc(C)cc(Nc3ccccc3C(=O)O)n2)cc1. The third kappa shape index (κ3) is 5.01. The molecule has 2 aromatic carbocycles. The topological polar surface area (TPSA) is 90.4 Å². The van der Waals surface area contributed by atoms with Gasteiger partial charge in [-0.3, -0.25) is 0 Å². The Morgan fingerprint density at radius 2 is 1.69 bits per heavy atom. The van der Waals surface area contributed by atoms with E-state index in [1.165, 1.54) is 5.69 Å². The minimum Gasteiger partial charge on any atom is -0.478 e. The highest BCUT2D eigenvalue weighted by Crippen LogP contribution is 2.23. The molecular formula is C22H25N5O2. The van der Waals surface area contributed by atoms with E-state index < -0.39 is 5.97 Å². The lowest BCUT2D eigenvalue weighted by Gasteiger charge is -2.21. The van der Waals surface area contributed by atoms with Crippen LogP contribution in [0.4, 0.5) is 28.8 Å². The molecule has 150 valence electrons. The number of rotatable bonds is 8. The summed E-state index contributed by atoms with van der Waals surface area (Å²) in [7, 11) is 0. The van der Waals surface area contributed by atoms with Crippen LogP contribution in [0.5, 0.6) is 0 Å². The Hall–Kier alpha value is -3.61. The number of benzene rings is 2. The van der Waals surface area contributed by atoms with E-state index in [2.05, 4.69) is 51.5 Å². The third-order valence-electron chi connectivity index (χ3n) is 4.53. The maximum absolute atomic E-state index is 11.4. The molecule has 3 rings (SSSR count). The fourth-order valence-electron chi connectivity index (χ4n) is 3.08. The van der Waals surface area contributed by atoms with Gasteiger partial charge in [0.25, 0.3) is 0 Å². The van der Waals surface area contributed by atoms with Crippen molar-refractivity contribution in [2.75, 3.05) is 28.6 Å². The summed E-state index contributed by atoms with van der Waals surface area (Å²) in [5.74, 6) is -0.0325. The van der Waals surface area contributed by atoms with Gasteiger partial charge in [0.05, 0.1) is 11.3 Å². The van der Waals surface area contributed by atoms with E-state index in [1.54, 1.807) is 30.3 Å². The Morgan fingerprint density at radius 3 is 2.34 bits per heavy atom. The van der Waals surface area contributed by atoms with Crippen molar-refractivity contribution < 1.29 is 9.90 Å². The quantitative estimate of drug-likeness (QED) is 0.507. The molecule has 0 saturated heterocycles. The van der Waals surface area contributed by atoms with Crippen LogP contribution in [0.15, 0.2) is 54.6 Å². The first-order valence-electron chi connectivity index (χ1n) is 9.57. The highest BCUT2D eigenvalue weighted by atomic mass is 16.4. The monoisotopic (exact) mass is 391 g/mol. The molecule has 0 aliphatic heterocycles. The molecule has 1 aromatic heterocycles. The summed E-state index contributed by atoms with van der Waals surface area (Å²) in [4.78, 5) is 22.6. The number of carboxylic acids is 1. The van der Waals surface area contributed by atoms with Gasteiger partial charge < -0.3 is 20.6 Å². The van der Waals surface area contributed by atoms with Gasteiger partial charge in [0, 0.05) is 36.2 Å². The standard InChI is InChI=1S/C22H25N5O2/c1-4-27(5-2)17-12-10-16(11-13-17)24-22-23-15(3)14-20(26-22)25-19-9-7-6-8-18(19)21(28)29/h6-14H,4-5H2,1-3H3,(H,28,29)(H2,23,24,25,26). The minimum absolute atomic E-state index is 0.185. The van der Waals surface area contributed by atoms with Gasteiger partial charge in [-0.2, -0.15) is 4.98 Å². The van der Waals surface area contributed by atoms with Crippen molar-refractivity contribution in [1.82, 2.24) is 9.97 Å². The van der Waals surface area contributed by atoms with E-state index >= 15 is 0 Å². The molecule has 7 nitrogen and oxygen atoms in total. The normalized spacial score (nSPS) is 10.4. The van der Waals surface area contributed by atoms with Gasteiger partial charge in [-0.1, -0.05) is 12.1 Å². The molecule has 0 aliphatic rings. The van der Waals surface area contributed by atoms with Gasteiger partial charge in [0.2, 0.25) is 5.95 Å². The largest absolute Gasteiger partial charge is 0.478 e. The summed E-state index contributed by atoms with van der Waals surface area (Å²) in [6.45, 7) is 8.04. The molecule has 0 atom stereocenters. The Labute approximate surface area is 170 Å². The molecule has 0 unspecified atom stereocenters. The number of hydrogen-bond donors (Lipinski definition) is 3. The number of aryl methyl sites for hydroxylation is 1. The molecule has 0 bridgehead atoms. The smallest absolute Gasteiger partial charge is 0.337 e. The van der Waals surface area contributed by atoms with Gasteiger partial charge in [-0.05, 0) is 57.2 Å². The van der Waals surface area contributed by atoms with Crippen LogP contribution in [0.3, 0.4) is 0 Å². The molecule has 0 spiro atoms. The average molecular weight is 391 g/mol. The van der Waals surface area contributed by atoms with Gasteiger partial charge in [0.1, 0.15) is 5.82 Å². The molecule has 0 fully saturated rings. The lowest BCUT2D eigenvalue weighted by molar-refractivity contribution is 0.0698. The van der Waals surface area contributed by atoms with E-state index in [4.69, 9.17) is 0 Å². The first-order chi connectivity index (χ1) is 14.0. The minimum atomic E-state index is -0.995. The molecule has 3 N–H and O–H groups in total. The number of anilines is 5. The van der Waals surface area contributed by atoms with Crippen molar-refractivity contribution in [2.24, 2.45) is 0 Å². The fraction of sp³-hybridized carbons (Fsp3) is 0.227. The fourth-order valence-corrected chi connectivity index (χ4v) is 3.08. The zero-order chi connectivity index (χ0) is 20.8. The lowest BCUT2D eigenvalue weighted by Crippen LogP contribution is -2.21. The van der Waals surface area contributed by atoms with E-state index in [-0.39, 0.29) is 5.56 Å². The van der Waals surface area contributed by atoms with Crippen molar-refractivity contribution in [3.8, 4) is 0 Å². The highest BCUT2D eigenvalue weighted by Gasteiger charge is 2.11. The lowest BCUT2D eigenvalue weighted by atomic mass is 10.2. The van der Waals surface area contributed by atoms with Gasteiger partial charge >= 0.3 is 5.97 Å². The summed E-state index contributed by atoms with van der Waals surface area (Å²) in [5, 5.41) is 15.7. The van der Waals surface area contributed by atoms with Crippen LogP contribution in [0, 0.1) is 6.92 Å². The van der Waals surface area contributed by atoms with Crippen LogP contribution in [-0.2, 0) is 0 Å². The van der Waals surface area contributed by atoms with Crippen molar-refractivity contribution in [3.05, 3.63) is 65.9 Å². The number of carboxylic acid groups (broad SMARTS) is 1. The first-order valence-corrected chi connectivity index (χ1v) is 9.57. The predicted octanol–water partition coefficient (Wildman–Crippen LogP) is 4.82. The Bertz CT molecular complexity index is 985. The highest BCUT2D eigenvalue weighted by molar-refractivity contribution is 5.95. The zero-order valence-electron chi connectivity index (χ0n) is 16.8. The van der Waals surface area contributed by atoms with E-state index in [9.17, 15) is 9.90 Å². The molecule has 0 aliphatic carbocycles. The summed E-state index contributed by atoms with van der Waals surface area (Å²) in [6.07, 6.45) is 0. The number of para-hydroxylation sites is 1. The first kappa shape index (κ1) is 20.1. The van der Waals surface area contributed by atoms with Crippen molar-refractivity contribution in [1.29, 1.82) is 0 Å². The molecule has 0 saturated carbocycles. The van der Waals surface area contributed by atoms with Crippen LogP contribution < -0.4 is 15.5 Å². The van der Waals surface area contributed by atoms with Crippen LogP contribution in [0.25, 0.3) is 0 Å². The predicted molar refractivity (Wildman–Crippen MR) is 117 cm³/mol. The number of aromatic nitrogens is 2. The van der Waals surface area contributed by atoms with Gasteiger partial charge in [-0.15, -0.1) is 0 Å². The Kier molecular flexibility index (Phi) is 6.29. The summed E-state index contributed by atoms with van der Waals surface area (Å²) >= 11 is 0. The Morgan fingerprint density at radius 1 is 1.00 bits per heavy atom. The zero-order valence-corrected chi connectivity index (χ0v) is 16.8. The summed E-state index contributed by atoms with van der Waals surface area (Å²) in [5.41, 5.74) is 3.47. The van der Waals surface area contributed by atoms with Gasteiger partial charge in [0.15, 0.2) is 0 Å². The number of nitrogens with one attached hydrogen (secondary N) is 2. The number of carbonyl (C=O) groups is 1. The van der Waals surface area contributed by atoms with Crippen LogP contribution >= 0.6 is 0 Å². The van der Waals surface area contributed by atoms with E-state index in [0.717, 1.165) is 24.5 Å². The molecule has 29 heavy (non-hydrogen) atoms. The van der Waals surface area contributed by atoms with Crippen molar-refractivity contribution >= 4 is 34.8 Å². The number of aromatic carboxylic acids is 1. The maximum Gasteiger partial charge on any atom is 0.337 e. The maximum atomic E-state index is 11.4. The molecule has 0 amide bonds. The third-order valence-corrected chi connectivity index (χ3v) is 4.53. The summed E-state index contributed by atoms with van der Waals surface area (Å²) < 4.78 is 0. The van der Waals surface area contributed by atoms with E-state index in [0.29, 0.717) is 17.5 Å². The van der Waals surface area contributed by atoms with Crippen LogP contribution in [-0.4, -0.2) is 34.1 Å². The van der Waals surface area contributed by atoms with Crippen molar-refractivity contribution in [3.63, 3.8) is 0 Å². The molecule has 7 heteroatoms. The molecule has 1 heterocycles. The number of hydrogen-bond acceptors (Lipinski definition) is 6. The second-order valence-electron chi connectivity index (χ2n) is 6.54. The van der Waals surface area contributed by atoms with E-state index in [1.807, 2.05) is 19.1 Å². The number of nitrogens with zero attached hydrogens (tertiary/aromatic N) is 3. The molecule has 0 radical (unpaired) electrons. The second kappa shape index (κ2) is 9.05. The molecular weight excluding hydrogens is 366 g/mol. The van der Waals surface area contributed by atoms with Crippen LogP contribution in [0.2, 0.25) is 0 Å². The van der Waals surface area contributed by atoms with Gasteiger partial charge in [-0.25, -0.2) is 9.78 Å². The van der Waals surface area contributed by atoms with Crippen molar-refractivity contribution in [2.45, 2.75) is 20.8 Å². The van der Waals surface area contributed by atoms with Crippen LogP contribution in [0.1, 0.15) is 29.9 Å². The summed E-state index contributed by atoms with van der Waals surface area (Å²) in [6, 6.07) is 16.6. The molecule has 3 aromatic rings. The average Bonchev–Trinajstić information content (AvgIpc) is 2.70. The Balaban J connectivity index is 1.80. The second-order valence-corrected chi connectivity index (χ2v) is 6.54.